The van der Waals surface area contributed by atoms with Crippen LogP contribution < -0.4 is 0 Å². The van der Waals surface area contributed by atoms with Gasteiger partial charge >= 0.3 is 5.97 Å². The van der Waals surface area contributed by atoms with Crippen LogP contribution in [0, 0.1) is 11.8 Å². The minimum Gasteiger partial charge on any atom is -0.504 e. The number of ketones is 1. The molecule has 0 aliphatic carbocycles. The molecule has 6 nitrogen and oxygen atoms in total. The second-order valence-corrected chi connectivity index (χ2v) is 7.68. The third kappa shape index (κ3) is 3.02. The number of carbonyl (C=O) groups is 2. The highest BCUT2D eigenvalue weighted by Gasteiger charge is 2.44. The van der Waals surface area contributed by atoms with Gasteiger partial charge in [-0.2, -0.15) is 0 Å². The topological polar surface area (TPSA) is 71.6 Å². The summed E-state index contributed by atoms with van der Waals surface area (Å²) >= 11 is 0. The highest BCUT2D eigenvalue weighted by Crippen LogP contribution is 2.45. The summed E-state index contributed by atoms with van der Waals surface area (Å²) in [4.78, 5) is 30.8. The number of H-pyrrole nitrogens is 1. The highest BCUT2D eigenvalue weighted by atomic mass is 16.5. The summed E-state index contributed by atoms with van der Waals surface area (Å²) in [6.07, 6.45) is 3.08. The number of benzene rings is 1. The predicted octanol–water partition coefficient (Wildman–Crippen LogP) is 3.00. The SMILES string of the molecule is CO/C=C(/C(=O)OC)[C@H]1C[C@H]2c3[nH]c4ccccc4c3CCN2C[C@@H]1C(C)=O. The number of carbonyl (C=O) groups excluding carboxylic acids is 2. The fraction of sp³-hybridized carbons (Fsp3) is 0.455. The predicted molar refractivity (Wildman–Crippen MR) is 106 cm³/mol. The Kier molecular flexibility index (Phi) is 4.98. The van der Waals surface area contributed by atoms with E-state index in [4.69, 9.17) is 9.47 Å². The first kappa shape index (κ1) is 18.7. The molecule has 3 heterocycles. The van der Waals surface area contributed by atoms with Gasteiger partial charge in [-0.25, -0.2) is 4.79 Å². The van der Waals surface area contributed by atoms with Gasteiger partial charge in [-0.3, -0.25) is 9.69 Å². The van der Waals surface area contributed by atoms with Gasteiger partial charge in [-0.15, -0.1) is 0 Å². The maximum absolute atomic E-state index is 12.4. The summed E-state index contributed by atoms with van der Waals surface area (Å²) in [7, 11) is 2.87. The van der Waals surface area contributed by atoms with Crippen molar-refractivity contribution in [1.82, 2.24) is 9.88 Å². The highest BCUT2D eigenvalue weighted by molar-refractivity contribution is 5.91. The lowest BCUT2D eigenvalue weighted by Crippen LogP contribution is -2.49. The van der Waals surface area contributed by atoms with Crippen LogP contribution in [0.25, 0.3) is 10.9 Å². The first-order chi connectivity index (χ1) is 13.5. The smallest absolute Gasteiger partial charge is 0.337 e. The van der Waals surface area contributed by atoms with E-state index in [9.17, 15) is 9.59 Å². The van der Waals surface area contributed by atoms with Crippen LogP contribution in [0.5, 0.6) is 0 Å². The zero-order valence-electron chi connectivity index (χ0n) is 16.5. The molecule has 1 fully saturated rings. The molecule has 0 saturated carbocycles. The number of aromatic nitrogens is 1. The lowest BCUT2D eigenvalue weighted by Gasteiger charge is -2.45. The van der Waals surface area contributed by atoms with E-state index in [1.165, 1.54) is 37.1 Å². The van der Waals surface area contributed by atoms with Crippen LogP contribution in [0.3, 0.4) is 0 Å². The molecule has 0 unspecified atom stereocenters. The molecule has 6 heteroatoms. The number of nitrogens with zero attached hydrogens (tertiary/aromatic N) is 1. The summed E-state index contributed by atoms with van der Waals surface area (Å²) in [6.45, 7) is 3.16. The van der Waals surface area contributed by atoms with E-state index in [-0.39, 0.29) is 23.7 Å². The van der Waals surface area contributed by atoms with Crippen molar-refractivity contribution in [2.75, 3.05) is 27.3 Å². The zero-order valence-corrected chi connectivity index (χ0v) is 16.5. The Morgan fingerprint density at radius 2 is 2.00 bits per heavy atom. The quantitative estimate of drug-likeness (QED) is 0.500. The number of aromatic amines is 1. The molecule has 1 aromatic carbocycles. The summed E-state index contributed by atoms with van der Waals surface area (Å²) in [5.74, 6) is -0.817. The lowest BCUT2D eigenvalue weighted by atomic mass is 9.73. The van der Waals surface area contributed by atoms with Gasteiger partial charge in [0.2, 0.25) is 0 Å². The van der Waals surface area contributed by atoms with Gasteiger partial charge in [0.05, 0.1) is 32.1 Å². The molecule has 3 atom stereocenters. The van der Waals surface area contributed by atoms with Crippen molar-refractivity contribution in [3.8, 4) is 0 Å². The van der Waals surface area contributed by atoms with Crippen LogP contribution in [0.15, 0.2) is 36.1 Å². The van der Waals surface area contributed by atoms with E-state index in [1.807, 2.05) is 6.07 Å². The number of nitrogens with one attached hydrogen (secondary N) is 1. The molecule has 148 valence electrons. The van der Waals surface area contributed by atoms with Crippen LogP contribution in [-0.4, -0.2) is 48.9 Å². The van der Waals surface area contributed by atoms with E-state index in [0.29, 0.717) is 18.5 Å². The average Bonchev–Trinajstić information content (AvgIpc) is 3.09. The Morgan fingerprint density at radius 3 is 2.71 bits per heavy atom. The number of piperidine rings is 1. The van der Waals surface area contributed by atoms with Gasteiger partial charge in [0, 0.05) is 41.5 Å². The molecule has 0 bridgehead atoms. The molecule has 1 aromatic heterocycles. The number of hydrogen-bond donors (Lipinski definition) is 1. The average molecular weight is 382 g/mol. The van der Waals surface area contributed by atoms with Crippen LogP contribution in [0.2, 0.25) is 0 Å². The largest absolute Gasteiger partial charge is 0.504 e. The van der Waals surface area contributed by atoms with Crippen LogP contribution >= 0.6 is 0 Å². The maximum Gasteiger partial charge on any atom is 0.337 e. The monoisotopic (exact) mass is 382 g/mol. The number of rotatable bonds is 4. The molecular weight excluding hydrogens is 356 g/mol. The fourth-order valence-corrected chi connectivity index (χ4v) is 4.93. The van der Waals surface area contributed by atoms with Crippen LogP contribution in [0.4, 0.5) is 0 Å². The van der Waals surface area contributed by atoms with E-state index < -0.39 is 5.97 Å². The third-order valence-corrected chi connectivity index (χ3v) is 6.25. The number of ether oxygens (including phenoxy) is 2. The summed E-state index contributed by atoms with van der Waals surface area (Å²) in [6, 6.07) is 8.50. The fourth-order valence-electron chi connectivity index (χ4n) is 4.93. The first-order valence-corrected chi connectivity index (χ1v) is 9.70. The molecule has 0 amide bonds. The molecule has 4 rings (SSSR count). The standard InChI is InChI=1S/C22H26N2O4/c1-13(25)17-11-24-9-8-15-14-6-4-5-7-19(14)23-21(15)20(24)10-16(17)18(12-27-2)22(26)28-3/h4-7,12,16-17,20,23H,8-11H2,1-3H3/b18-12+/t16-,17+,20-/m0/s1. The number of methoxy groups -OCH3 is 2. The Balaban J connectivity index is 1.76. The number of para-hydroxylation sites is 1. The van der Waals surface area contributed by atoms with Gasteiger partial charge < -0.3 is 14.5 Å². The molecule has 1 N–H and O–H groups in total. The molecule has 2 aliphatic rings. The summed E-state index contributed by atoms with van der Waals surface area (Å²) in [5, 5.41) is 1.27. The van der Waals surface area contributed by atoms with Crippen molar-refractivity contribution in [2.24, 2.45) is 11.8 Å². The van der Waals surface area contributed by atoms with Crippen molar-refractivity contribution in [2.45, 2.75) is 25.8 Å². The number of Topliss-reactive ketones (excluding diaryl/α,β-unsaturated/α-hetero) is 1. The number of esters is 1. The van der Waals surface area contributed by atoms with Gasteiger partial charge in [-0.05, 0) is 31.4 Å². The minimum absolute atomic E-state index is 0.0943. The molecule has 0 spiro atoms. The third-order valence-electron chi connectivity index (χ3n) is 6.25. The molecule has 0 radical (unpaired) electrons. The van der Waals surface area contributed by atoms with Gasteiger partial charge in [-0.1, -0.05) is 18.2 Å². The van der Waals surface area contributed by atoms with Crippen molar-refractivity contribution >= 4 is 22.7 Å². The maximum atomic E-state index is 12.4. The van der Waals surface area contributed by atoms with Crippen molar-refractivity contribution in [3.63, 3.8) is 0 Å². The molecule has 2 aliphatic heterocycles. The molecule has 2 aromatic rings. The van der Waals surface area contributed by atoms with E-state index in [2.05, 4.69) is 28.1 Å². The zero-order chi connectivity index (χ0) is 19.8. The Labute approximate surface area is 164 Å². The molecule has 28 heavy (non-hydrogen) atoms. The minimum atomic E-state index is -0.431. The summed E-state index contributed by atoms with van der Waals surface area (Å²) in [5.41, 5.74) is 4.14. The second kappa shape index (κ2) is 7.43. The van der Waals surface area contributed by atoms with Gasteiger partial charge in [0.1, 0.15) is 5.78 Å². The Hall–Kier alpha value is -2.60. The first-order valence-electron chi connectivity index (χ1n) is 9.70. The van der Waals surface area contributed by atoms with Crippen molar-refractivity contribution in [3.05, 3.63) is 47.4 Å². The van der Waals surface area contributed by atoms with Gasteiger partial charge in [0.15, 0.2) is 0 Å². The van der Waals surface area contributed by atoms with E-state index in [0.717, 1.165) is 18.5 Å². The Bertz CT molecular complexity index is 945. The van der Waals surface area contributed by atoms with Crippen molar-refractivity contribution < 1.29 is 19.1 Å². The second-order valence-electron chi connectivity index (χ2n) is 7.68. The molecular formula is C22H26N2O4. The van der Waals surface area contributed by atoms with Gasteiger partial charge in [0.25, 0.3) is 0 Å². The molecule has 1 saturated heterocycles. The number of hydrogen-bond acceptors (Lipinski definition) is 5. The normalized spacial score (nSPS) is 25.1. The Morgan fingerprint density at radius 1 is 1.21 bits per heavy atom. The lowest BCUT2D eigenvalue weighted by molar-refractivity contribution is -0.138. The van der Waals surface area contributed by atoms with Crippen molar-refractivity contribution in [1.29, 1.82) is 0 Å². The number of fused-ring (bicyclic) bond motifs is 5. The van der Waals surface area contributed by atoms with E-state index in [1.54, 1.807) is 6.92 Å². The summed E-state index contributed by atoms with van der Waals surface area (Å²) < 4.78 is 10.1. The van der Waals surface area contributed by atoms with E-state index >= 15 is 0 Å². The van der Waals surface area contributed by atoms with Crippen LogP contribution in [0.1, 0.15) is 30.6 Å². The van der Waals surface area contributed by atoms with Crippen LogP contribution in [-0.2, 0) is 25.5 Å².